The van der Waals surface area contributed by atoms with Crippen LogP contribution in [0.15, 0.2) is 30.3 Å². The van der Waals surface area contributed by atoms with Crippen LogP contribution in [0.2, 0.25) is 5.15 Å². The predicted molar refractivity (Wildman–Crippen MR) is 106 cm³/mol. The number of nitrogens with zero attached hydrogens (tertiary/aromatic N) is 1. The number of hydrogen-bond donors (Lipinski definition) is 2. The number of nitrogens with one attached hydrogen (secondary N) is 2. The second-order valence-corrected chi connectivity index (χ2v) is 6.09. The van der Waals surface area contributed by atoms with E-state index in [2.05, 4.69) is 15.6 Å². The van der Waals surface area contributed by atoms with Crippen LogP contribution in [0.5, 0.6) is 5.88 Å². The van der Waals surface area contributed by atoms with Crippen LogP contribution in [0.4, 0.5) is 11.4 Å². The third-order valence-electron chi connectivity index (χ3n) is 3.79. The van der Waals surface area contributed by atoms with E-state index in [0.29, 0.717) is 41.5 Å². The molecule has 8 nitrogen and oxygen atoms in total. The number of anilines is 2. The van der Waals surface area contributed by atoms with Crippen LogP contribution >= 0.6 is 11.6 Å². The number of halogens is 1. The number of benzene rings is 1. The summed E-state index contributed by atoms with van der Waals surface area (Å²) in [5, 5.41) is 6.24. The first-order valence-electron chi connectivity index (χ1n) is 8.43. The molecule has 1 heterocycles. The minimum absolute atomic E-state index is 0.0452. The summed E-state index contributed by atoms with van der Waals surface area (Å²) < 4.78 is 14.9. The highest BCUT2D eigenvalue weighted by molar-refractivity contribution is 6.29. The summed E-state index contributed by atoms with van der Waals surface area (Å²) >= 11 is 5.85. The van der Waals surface area contributed by atoms with Crippen LogP contribution in [0.25, 0.3) is 0 Å². The molecule has 0 atom stereocenters. The van der Waals surface area contributed by atoms with E-state index in [1.165, 1.54) is 14.2 Å². The van der Waals surface area contributed by atoms with Gasteiger partial charge in [-0.15, -0.1) is 0 Å². The first-order chi connectivity index (χ1) is 13.5. The van der Waals surface area contributed by atoms with Gasteiger partial charge in [-0.25, -0.2) is 9.78 Å². The van der Waals surface area contributed by atoms with E-state index >= 15 is 0 Å². The minimum Gasteiger partial charge on any atom is -0.481 e. The fraction of sp³-hybridized carbons (Fsp3) is 0.316. The summed E-state index contributed by atoms with van der Waals surface area (Å²) in [5.74, 6) is -0.449. The molecule has 1 amide bonds. The molecule has 2 rings (SSSR count). The maximum Gasteiger partial charge on any atom is 0.337 e. The Bertz CT molecular complexity index is 844. The van der Waals surface area contributed by atoms with Gasteiger partial charge in [0.05, 0.1) is 44.2 Å². The lowest BCUT2D eigenvalue weighted by molar-refractivity contribution is -0.115. The van der Waals surface area contributed by atoms with Gasteiger partial charge in [0.15, 0.2) is 0 Å². The molecule has 2 aromatic rings. The Morgan fingerprint density at radius 1 is 1.11 bits per heavy atom. The minimum atomic E-state index is -0.468. The molecule has 0 aliphatic rings. The Morgan fingerprint density at radius 3 is 2.57 bits per heavy atom. The van der Waals surface area contributed by atoms with Crippen molar-refractivity contribution in [2.24, 2.45) is 0 Å². The van der Waals surface area contributed by atoms with Gasteiger partial charge in [0, 0.05) is 19.2 Å². The molecule has 0 saturated heterocycles. The molecule has 0 spiro atoms. The van der Waals surface area contributed by atoms with Crippen molar-refractivity contribution >= 4 is 34.9 Å². The van der Waals surface area contributed by atoms with E-state index in [0.717, 1.165) is 0 Å². The highest BCUT2D eigenvalue weighted by Gasteiger charge is 2.14. The van der Waals surface area contributed by atoms with Gasteiger partial charge in [-0.2, -0.15) is 0 Å². The number of pyridine rings is 1. The third-order valence-corrected chi connectivity index (χ3v) is 4.00. The SMILES string of the molecule is COCCNc1cc(C(=O)OC)ccc1NC(=O)Cc1ccc(Cl)nc1OC. The van der Waals surface area contributed by atoms with Crippen molar-refractivity contribution in [3.8, 4) is 5.88 Å². The molecule has 150 valence electrons. The van der Waals surface area contributed by atoms with Crippen LogP contribution in [-0.4, -0.2) is 51.3 Å². The van der Waals surface area contributed by atoms with Crippen LogP contribution in [-0.2, 0) is 20.7 Å². The maximum atomic E-state index is 12.5. The zero-order valence-electron chi connectivity index (χ0n) is 15.9. The number of amides is 1. The molecule has 0 aliphatic heterocycles. The Hall–Kier alpha value is -2.84. The van der Waals surface area contributed by atoms with E-state index in [1.54, 1.807) is 37.4 Å². The molecule has 0 radical (unpaired) electrons. The highest BCUT2D eigenvalue weighted by Crippen LogP contribution is 2.25. The number of esters is 1. The normalized spacial score (nSPS) is 10.3. The predicted octanol–water partition coefficient (Wildman–Crippen LogP) is 2.77. The maximum absolute atomic E-state index is 12.5. The Labute approximate surface area is 168 Å². The fourth-order valence-electron chi connectivity index (χ4n) is 2.46. The quantitative estimate of drug-likeness (QED) is 0.374. The van der Waals surface area contributed by atoms with Crippen LogP contribution in [0.1, 0.15) is 15.9 Å². The molecule has 9 heteroatoms. The lowest BCUT2D eigenvalue weighted by Crippen LogP contribution is -2.18. The summed E-state index contributed by atoms with van der Waals surface area (Å²) in [7, 11) is 4.36. The Morgan fingerprint density at radius 2 is 1.89 bits per heavy atom. The van der Waals surface area contributed by atoms with Gasteiger partial charge < -0.3 is 24.8 Å². The molecule has 2 N–H and O–H groups in total. The van der Waals surface area contributed by atoms with Gasteiger partial charge in [0.25, 0.3) is 0 Å². The van der Waals surface area contributed by atoms with Gasteiger partial charge >= 0.3 is 5.97 Å². The molecule has 1 aromatic heterocycles. The molecular formula is C19H22ClN3O5. The van der Waals surface area contributed by atoms with Gasteiger partial charge in [-0.1, -0.05) is 17.7 Å². The number of aromatic nitrogens is 1. The van der Waals surface area contributed by atoms with Gasteiger partial charge in [-0.3, -0.25) is 4.79 Å². The monoisotopic (exact) mass is 407 g/mol. The van der Waals surface area contributed by atoms with Gasteiger partial charge in [0.2, 0.25) is 11.8 Å². The number of carbonyl (C=O) groups is 2. The lowest BCUT2D eigenvalue weighted by atomic mass is 10.1. The average molecular weight is 408 g/mol. The molecule has 0 unspecified atom stereocenters. The Balaban J connectivity index is 2.18. The summed E-state index contributed by atoms with van der Waals surface area (Å²) in [6.07, 6.45) is 0.0452. The van der Waals surface area contributed by atoms with Crippen molar-refractivity contribution in [1.82, 2.24) is 4.98 Å². The number of rotatable bonds is 9. The van der Waals surface area contributed by atoms with Crippen molar-refractivity contribution in [2.75, 3.05) is 45.1 Å². The van der Waals surface area contributed by atoms with Gasteiger partial charge in [0.1, 0.15) is 5.15 Å². The van der Waals surface area contributed by atoms with Crippen LogP contribution < -0.4 is 15.4 Å². The zero-order chi connectivity index (χ0) is 20.5. The van der Waals surface area contributed by atoms with Crippen molar-refractivity contribution in [1.29, 1.82) is 0 Å². The molecular weight excluding hydrogens is 386 g/mol. The number of methoxy groups -OCH3 is 3. The van der Waals surface area contributed by atoms with E-state index < -0.39 is 5.97 Å². The number of ether oxygens (including phenoxy) is 3. The van der Waals surface area contributed by atoms with E-state index in [-0.39, 0.29) is 17.5 Å². The van der Waals surface area contributed by atoms with Crippen molar-refractivity contribution in [3.05, 3.63) is 46.6 Å². The second-order valence-electron chi connectivity index (χ2n) is 5.70. The first kappa shape index (κ1) is 21.5. The molecule has 0 saturated carbocycles. The Kier molecular flexibility index (Phi) is 8.03. The highest BCUT2D eigenvalue weighted by atomic mass is 35.5. The molecule has 0 bridgehead atoms. The molecule has 0 fully saturated rings. The van der Waals surface area contributed by atoms with E-state index in [9.17, 15) is 9.59 Å². The topological polar surface area (TPSA) is 98.8 Å². The molecule has 28 heavy (non-hydrogen) atoms. The summed E-state index contributed by atoms with van der Waals surface area (Å²) in [6, 6.07) is 8.10. The largest absolute Gasteiger partial charge is 0.481 e. The number of hydrogen-bond acceptors (Lipinski definition) is 7. The first-order valence-corrected chi connectivity index (χ1v) is 8.80. The van der Waals surface area contributed by atoms with Crippen molar-refractivity contribution in [2.45, 2.75) is 6.42 Å². The van der Waals surface area contributed by atoms with Crippen molar-refractivity contribution < 1.29 is 23.8 Å². The second kappa shape index (κ2) is 10.5. The standard InChI is InChI=1S/C19H22ClN3O5/c1-26-9-8-21-15-10-13(19(25)28-3)4-6-14(15)22-17(24)11-12-5-7-16(20)23-18(12)27-2/h4-7,10,21H,8-9,11H2,1-3H3,(H,22,24). The van der Waals surface area contributed by atoms with Gasteiger partial charge in [-0.05, 0) is 24.3 Å². The summed E-state index contributed by atoms with van der Waals surface area (Å²) in [5.41, 5.74) is 2.07. The van der Waals surface area contributed by atoms with Crippen LogP contribution in [0, 0.1) is 0 Å². The average Bonchev–Trinajstić information content (AvgIpc) is 2.69. The van der Waals surface area contributed by atoms with Crippen molar-refractivity contribution in [3.63, 3.8) is 0 Å². The number of carbonyl (C=O) groups excluding carboxylic acids is 2. The van der Waals surface area contributed by atoms with Crippen LogP contribution in [0.3, 0.4) is 0 Å². The fourth-order valence-corrected chi connectivity index (χ4v) is 2.60. The molecule has 1 aromatic carbocycles. The lowest BCUT2D eigenvalue weighted by Gasteiger charge is -2.15. The summed E-state index contributed by atoms with van der Waals surface area (Å²) in [4.78, 5) is 28.3. The third kappa shape index (κ3) is 5.83. The zero-order valence-corrected chi connectivity index (χ0v) is 16.6. The molecule has 0 aliphatic carbocycles. The summed E-state index contributed by atoms with van der Waals surface area (Å²) in [6.45, 7) is 0.961. The van der Waals surface area contributed by atoms with E-state index in [4.69, 9.17) is 25.8 Å². The van der Waals surface area contributed by atoms with E-state index in [1.807, 2.05) is 0 Å². The smallest absolute Gasteiger partial charge is 0.337 e.